The molecule has 0 aliphatic heterocycles. The number of carbonyl (C=O) groups excluding carboxylic acids is 2. The number of carbonyl (C=O) groups is 2. The van der Waals surface area contributed by atoms with E-state index in [-0.39, 0.29) is 17.3 Å². The smallest absolute Gasteiger partial charge is 0.341 e. The fraction of sp³-hybridized carbons (Fsp3) is 0.455. The van der Waals surface area contributed by atoms with E-state index in [4.69, 9.17) is 4.74 Å². The van der Waals surface area contributed by atoms with Crippen molar-refractivity contribution in [2.45, 2.75) is 47.0 Å². The van der Waals surface area contributed by atoms with Crippen molar-refractivity contribution < 1.29 is 14.3 Å². The predicted octanol–water partition coefficient (Wildman–Crippen LogP) is 6.09. The number of benzene rings is 1. The van der Waals surface area contributed by atoms with E-state index in [1.165, 1.54) is 16.2 Å². The molecule has 150 valence electrons. The zero-order valence-corrected chi connectivity index (χ0v) is 19.1. The minimum absolute atomic E-state index is 0.215. The van der Waals surface area contributed by atoms with Crippen LogP contribution >= 0.6 is 27.3 Å². The van der Waals surface area contributed by atoms with E-state index < -0.39 is 0 Å². The lowest BCUT2D eigenvalue weighted by molar-refractivity contribution is 0.0526. The van der Waals surface area contributed by atoms with Crippen molar-refractivity contribution in [3.8, 4) is 0 Å². The lowest BCUT2D eigenvalue weighted by Gasteiger charge is -2.33. The molecule has 28 heavy (non-hydrogen) atoms. The topological polar surface area (TPSA) is 55.4 Å². The van der Waals surface area contributed by atoms with Crippen molar-refractivity contribution in [2.75, 3.05) is 11.9 Å². The number of hydrogen-bond acceptors (Lipinski definition) is 4. The van der Waals surface area contributed by atoms with Gasteiger partial charge in [0.05, 0.1) is 12.2 Å². The summed E-state index contributed by atoms with van der Waals surface area (Å²) in [5.41, 5.74) is 2.36. The highest BCUT2D eigenvalue weighted by Crippen LogP contribution is 2.44. The predicted molar refractivity (Wildman–Crippen MR) is 117 cm³/mol. The van der Waals surface area contributed by atoms with Crippen LogP contribution in [-0.2, 0) is 17.6 Å². The summed E-state index contributed by atoms with van der Waals surface area (Å²) in [6.07, 6.45) is 2.82. The third-order valence-electron chi connectivity index (χ3n) is 5.30. The Morgan fingerprint density at radius 3 is 2.54 bits per heavy atom. The average Bonchev–Trinajstić information content (AvgIpc) is 2.98. The molecule has 2 aromatic rings. The molecule has 0 saturated carbocycles. The Morgan fingerprint density at radius 2 is 1.93 bits per heavy atom. The van der Waals surface area contributed by atoms with Crippen molar-refractivity contribution in [3.63, 3.8) is 0 Å². The second-order valence-electron chi connectivity index (χ2n) is 8.20. The molecule has 1 atom stereocenters. The molecule has 6 heteroatoms. The molecule has 0 bridgehead atoms. The van der Waals surface area contributed by atoms with E-state index >= 15 is 0 Å². The van der Waals surface area contributed by atoms with Gasteiger partial charge in [-0.05, 0) is 67.3 Å². The molecule has 1 amide bonds. The summed E-state index contributed by atoms with van der Waals surface area (Å²) >= 11 is 4.90. The molecule has 0 spiro atoms. The quantitative estimate of drug-likeness (QED) is 0.557. The van der Waals surface area contributed by atoms with Gasteiger partial charge in [0.2, 0.25) is 0 Å². The molecule has 1 aliphatic rings. The third kappa shape index (κ3) is 4.49. The van der Waals surface area contributed by atoms with E-state index in [0.29, 0.717) is 28.7 Å². The normalized spacial score (nSPS) is 16.4. The van der Waals surface area contributed by atoms with Crippen LogP contribution in [0, 0.1) is 11.3 Å². The van der Waals surface area contributed by atoms with Gasteiger partial charge in [-0.15, -0.1) is 11.3 Å². The number of hydrogen-bond donors (Lipinski definition) is 1. The second kappa shape index (κ2) is 8.37. The molecule has 3 rings (SSSR count). The summed E-state index contributed by atoms with van der Waals surface area (Å²) in [4.78, 5) is 26.6. The highest BCUT2D eigenvalue weighted by Gasteiger charge is 2.34. The van der Waals surface area contributed by atoms with Crippen LogP contribution < -0.4 is 5.32 Å². The lowest BCUT2D eigenvalue weighted by Crippen LogP contribution is -2.26. The maximum absolute atomic E-state index is 12.7. The molecule has 1 aromatic carbocycles. The number of anilines is 1. The van der Waals surface area contributed by atoms with Gasteiger partial charge in [0.25, 0.3) is 5.91 Å². The zero-order valence-electron chi connectivity index (χ0n) is 16.7. The standard InChI is InChI=1S/C22H26BrNO3S/c1-5-27-21(26)18-16-11-8-14(22(2,3)4)12-17(16)28-20(18)24-19(25)13-6-9-15(23)10-7-13/h6-7,9-10,14H,5,8,11-12H2,1-4H3,(H,24,25)/t14-/m0/s1. The van der Waals surface area contributed by atoms with E-state index in [9.17, 15) is 9.59 Å². The third-order valence-corrected chi connectivity index (χ3v) is 7.00. The Hall–Kier alpha value is -1.66. The molecule has 1 heterocycles. The second-order valence-corrected chi connectivity index (χ2v) is 10.2. The van der Waals surface area contributed by atoms with Gasteiger partial charge in [0, 0.05) is 14.9 Å². The number of halogens is 1. The van der Waals surface area contributed by atoms with Gasteiger partial charge in [-0.2, -0.15) is 0 Å². The van der Waals surface area contributed by atoms with Crippen molar-refractivity contribution in [1.82, 2.24) is 0 Å². The number of nitrogens with one attached hydrogen (secondary N) is 1. The fourth-order valence-electron chi connectivity index (χ4n) is 3.61. The van der Waals surface area contributed by atoms with Crippen LogP contribution in [0.3, 0.4) is 0 Å². The number of esters is 1. The van der Waals surface area contributed by atoms with Gasteiger partial charge in [0.1, 0.15) is 5.00 Å². The number of fused-ring (bicyclic) bond motifs is 1. The highest BCUT2D eigenvalue weighted by atomic mass is 79.9. The average molecular weight is 464 g/mol. The lowest BCUT2D eigenvalue weighted by atomic mass is 9.72. The first-order valence-corrected chi connectivity index (χ1v) is 11.2. The summed E-state index contributed by atoms with van der Waals surface area (Å²) in [5, 5.41) is 3.56. The largest absolute Gasteiger partial charge is 0.462 e. The number of rotatable bonds is 4. The maximum Gasteiger partial charge on any atom is 0.341 e. The molecule has 0 unspecified atom stereocenters. The molecular formula is C22H26BrNO3S. The van der Waals surface area contributed by atoms with Gasteiger partial charge < -0.3 is 10.1 Å². The van der Waals surface area contributed by atoms with Crippen LogP contribution in [0.4, 0.5) is 5.00 Å². The SMILES string of the molecule is CCOC(=O)c1c(NC(=O)c2ccc(Br)cc2)sc2c1CC[C@H](C(C)(C)C)C2. The first-order chi connectivity index (χ1) is 13.2. The van der Waals surface area contributed by atoms with Gasteiger partial charge in [-0.3, -0.25) is 4.79 Å². The van der Waals surface area contributed by atoms with Gasteiger partial charge in [-0.25, -0.2) is 4.79 Å². The zero-order chi connectivity index (χ0) is 20.5. The summed E-state index contributed by atoms with van der Waals surface area (Å²) in [6.45, 7) is 8.90. The molecule has 0 fully saturated rings. The maximum atomic E-state index is 12.7. The number of thiophene rings is 1. The van der Waals surface area contributed by atoms with Gasteiger partial charge >= 0.3 is 5.97 Å². The summed E-state index contributed by atoms with van der Waals surface area (Å²) < 4.78 is 6.21. The van der Waals surface area contributed by atoms with E-state index in [1.807, 2.05) is 12.1 Å². The Kier molecular flexibility index (Phi) is 6.30. The number of ether oxygens (including phenoxy) is 1. The van der Waals surface area contributed by atoms with Crippen molar-refractivity contribution >= 4 is 44.1 Å². The Balaban J connectivity index is 1.93. The van der Waals surface area contributed by atoms with Crippen LogP contribution in [0.25, 0.3) is 0 Å². The van der Waals surface area contributed by atoms with Crippen molar-refractivity contribution in [1.29, 1.82) is 0 Å². The van der Waals surface area contributed by atoms with Crippen LogP contribution in [0.2, 0.25) is 0 Å². The summed E-state index contributed by atoms with van der Waals surface area (Å²) in [6, 6.07) is 7.17. The van der Waals surface area contributed by atoms with E-state index in [2.05, 4.69) is 42.0 Å². The minimum atomic E-state index is -0.347. The molecule has 1 aromatic heterocycles. The molecule has 0 saturated heterocycles. The van der Waals surface area contributed by atoms with Gasteiger partial charge in [-0.1, -0.05) is 36.7 Å². The van der Waals surface area contributed by atoms with Gasteiger partial charge in [0.15, 0.2) is 0 Å². The van der Waals surface area contributed by atoms with E-state index in [1.54, 1.807) is 19.1 Å². The summed E-state index contributed by atoms with van der Waals surface area (Å²) in [7, 11) is 0. The van der Waals surface area contributed by atoms with Crippen LogP contribution in [0.1, 0.15) is 65.3 Å². The molecule has 4 nitrogen and oxygen atoms in total. The monoisotopic (exact) mass is 463 g/mol. The first-order valence-electron chi connectivity index (χ1n) is 9.59. The van der Waals surface area contributed by atoms with Crippen LogP contribution in [0.5, 0.6) is 0 Å². The Bertz CT molecular complexity index is 880. The molecule has 1 aliphatic carbocycles. The molecule has 1 N–H and O–H groups in total. The Labute approximate surface area is 178 Å². The Morgan fingerprint density at radius 1 is 1.25 bits per heavy atom. The van der Waals surface area contributed by atoms with Crippen molar-refractivity contribution in [2.24, 2.45) is 11.3 Å². The first kappa shape index (κ1) is 21.1. The molecular weight excluding hydrogens is 438 g/mol. The molecule has 0 radical (unpaired) electrons. The van der Waals surface area contributed by atoms with Crippen molar-refractivity contribution in [3.05, 3.63) is 50.3 Å². The highest BCUT2D eigenvalue weighted by molar-refractivity contribution is 9.10. The van der Waals surface area contributed by atoms with Crippen LogP contribution in [-0.4, -0.2) is 18.5 Å². The number of amides is 1. The van der Waals surface area contributed by atoms with Crippen LogP contribution in [0.15, 0.2) is 28.7 Å². The summed E-state index contributed by atoms with van der Waals surface area (Å²) in [5.74, 6) is -0.00643. The fourth-order valence-corrected chi connectivity index (χ4v) is 5.18. The minimum Gasteiger partial charge on any atom is -0.462 e. The van der Waals surface area contributed by atoms with E-state index in [0.717, 1.165) is 29.3 Å².